The van der Waals surface area contributed by atoms with E-state index in [0.29, 0.717) is 30.6 Å². The summed E-state index contributed by atoms with van der Waals surface area (Å²) >= 11 is 0. The van der Waals surface area contributed by atoms with Crippen molar-refractivity contribution in [1.82, 2.24) is 9.29 Å². The molecule has 1 aliphatic rings. The van der Waals surface area contributed by atoms with Crippen LogP contribution >= 0.6 is 0 Å². The molecule has 8 nitrogen and oxygen atoms in total. The number of H-pyrrole nitrogens is 1. The molecule has 0 aliphatic carbocycles. The van der Waals surface area contributed by atoms with Crippen LogP contribution in [0.2, 0.25) is 0 Å². The average Bonchev–Trinajstić information content (AvgIpc) is 3.09. The van der Waals surface area contributed by atoms with Crippen LogP contribution in [0.25, 0.3) is 11.1 Å². The van der Waals surface area contributed by atoms with Crippen LogP contribution in [-0.2, 0) is 14.8 Å². The van der Waals surface area contributed by atoms with Gasteiger partial charge in [-0.1, -0.05) is 17.7 Å². The van der Waals surface area contributed by atoms with Gasteiger partial charge in [0, 0.05) is 24.8 Å². The summed E-state index contributed by atoms with van der Waals surface area (Å²) in [5.41, 5.74) is 2.39. The summed E-state index contributed by atoms with van der Waals surface area (Å²) in [7, 11) is -3.81. The largest absolute Gasteiger partial charge is 0.417 e. The van der Waals surface area contributed by atoms with Crippen LogP contribution in [0.4, 0.5) is 5.69 Å². The Kier molecular flexibility index (Phi) is 5.01. The minimum Gasteiger partial charge on any atom is -0.408 e. The van der Waals surface area contributed by atoms with E-state index in [0.717, 1.165) is 5.56 Å². The van der Waals surface area contributed by atoms with Crippen molar-refractivity contribution in [2.24, 2.45) is 5.92 Å². The lowest BCUT2D eigenvalue weighted by Crippen LogP contribution is -2.43. The van der Waals surface area contributed by atoms with Crippen molar-refractivity contribution in [3.63, 3.8) is 0 Å². The number of carbonyl (C=O) groups excluding carboxylic acids is 1. The molecule has 2 aromatic carbocycles. The van der Waals surface area contributed by atoms with Crippen molar-refractivity contribution in [2.75, 3.05) is 18.4 Å². The van der Waals surface area contributed by atoms with E-state index >= 15 is 0 Å². The molecule has 1 atom stereocenters. The molecule has 0 spiro atoms. The highest BCUT2D eigenvalue weighted by atomic mass is 32.2. The molecule has 1 aliphatic heterocycles. The van der Waals surface area contributed by atoms with Gasteiger partial charge in [-0.15, -0.1) is 0 Å². The summed E-state index contributed by atoms with van der Waals surface area (Å²) in [5, 5.41) is 2.86. The maximum Gasteiger partial charge on any atom is 0.417 e. The Hall–Kier alpha value is -2.91. The molecule has 0 radical (unpaired) electrons. The Morgan fingerprint density at radius 3 is 2.72 bits per heavy atom. The molecule has 2 N–H and O–H groups in total. The average molecular weight is 415 g/mol. The molecule has 1 fully saturated rings. The quantitative estimate of drug-likeness (QED) is 0.680. The van der Waals surface area contributed by atoms with Crippen molar-refractivity contribution >= 4 is 32.7 Å². The predicted molar refractivity (Wildman–Crippen MR) is 108 cm³/mol. The van der Waals surface area contributed by atoms with Gasteiger partial charge in [0.1, 0.15) is 0 Å². The lowest BCUT2D eigenvalue weighted by atomic mass is 9.98. The fourth-order valence-corrected chi connectivity index (χ4v) is 5.03. The standard InChI is InChI=1S/C20H21N3O5S/c1-13-4-6-15(7-5-13)21-19(24)14-3-2-10-23(12-14)29(26,27)16-8-9-17-18(11-16)28-20(25)22-17/h4-9,11,14H,2-3,10,12H2,1H3,(H,21,24)(H,22,25)/t14-/m0/s1. The van der Waals surface area contributed by atoms with Crippen molar-refractivity contribution < 1.29 is 17.6 Å². The number of rotatable bonds is 4. The Labute approximate surface area is 167 Å². The maximum absolute atomic E-state index is 13.1. The normalized spacial score (nSPS) is 18.0. The van der Waals surface area contributed by atoms with Gasteiger partial charge in [0.15, 0.2) is 5.58 Å². The number of aryl methyl sites for hydroxylation is 1. The van der Waals surface area contributed by atoms with E-state index in [1.54, 1.807) is 0 Å². The number of hydrogen-bond acceptors (Lipinski definition) is 5. The fraction of sp³-hybridized carbons (Fsp3) is 0.300. The second-order valence-corrected chi connectivity index (χ2v) is 9.17. The molecule has 152 valence electrons. The first-order valence-electron chi connectivity index (χ1n) is 9.33. The minimum atomic E-state index is -3.81. The lowest BCUT2D eigenvalue weighted by Gasteiger charge is -2.31. The zero-order valence-corrected chi connectivity index (χ0v) is 16.7. The van der Waals surface area contributed by atoms with Crippen LogP contribution in [0.3, 0.4) is 0 Å². The highest BCUT2D eigenvalue weighted by Gasteiger charge is 2.33. The molecule has 29 heavy (non-hydrogen) atoms. The van der Waals surface area contributed by atoms with Crippen molar-refractivity contribution in [3.8, 4) is 0 Å². The number of amides is 1. The monoisotopic (exact) mass is 415 g/mol. The first-order valence-corrected chi connectivity index (χ1v) is 10.8. The van der Waals surface area contributed by atoms with Crippen LogP contribution in [0, 0.1) is 12.8 Å². The topological polar surface area (TPSA) is 112 Å². The van der Waals surface area contributed by atoms with Crippen LogP contribution < -0.4 is 11.1 Å². The maximum atomic E-state index is 13.1. The number of piperidine rings is 1. The van der Waals surface area contributed by atoms with E-state index in [-0.39, 0.29) is 22.9 Å². The van der Waals surface area contributed by atoms with Crippen molar-refractivity contribution in [3.05, 3.63) is 58.6 Å². The third kappa shape index (κ3) is 3.96. The van der Waals surface area contributed by atoms with E-state index in [1.807, 2.05) is 31.2 Å². The summed E-state index contributed by atoms with van der Waals surface area (Å²) in [4.78, 5) is 26.5. The minimum absolute atomic E-state index is 0.0346. The molecule has 3 aromatic rings. The van der Waals surface area contributed by atoms with Gasteiger partial charge in [-0.25, -0.2) is 13.2 Å². The van der Waals surface area contributed by atoms with Crippen LogP contribution in [-0.4, -0.2) is 36.7 Å². The Balaban J connectivity index is 1.52. The van der Waals surface area contributed by atoms with E-state index < -0.39 is 21.7 Å². The molecular weight excluding hydrogens is 394 g/mol. The van der Waals surface area contributed by atoms with Gasteiger partial charge in [0.05, 0.1) is 16.3 Å². The Morgan fingerprint density at radius 1 is 1.21 bits per heavy atom. The first kappa shape index (κ1) is 19.4. The third-order valence-electron chi connectivity index (χ3n) is 5.10. The molecular formula is C20H21N3O5S. The number of hydrogen-bond donors (Lipinski definition) is 2. The van der Waals surface area contributed by atoms with Gasteiger partial charge in [-0.3, -0.25) is 9.78 Å². The summed E-state index contributed by atoms with van der Waals surface area (Å²) in [6, 6.07) is 11.7. The first-order chi connectivity index (χ1) is 13.8. The number of fused-ring (bicyclic) bond motifs is 1. The van der Waals surface area contributed by atoms with Gasteiger partial charge < -0.3 is 9.73 Å². The van der Waals surface area contributed by atoms with Crippen molar-refractivity contribution in [1.29, 1.82) is 0 Å². The van der Waals surface area contributed by atoms with Crippen LogP contribution in [0.15, 0.2) is 56.6 Å². The third-order valence-corrected chi connectivity index (χ3v) is 6.97. The number of aromatic nitrogens is 1. The van der Waals surface area contributed by atoms with E-state index in [1.165, 1.54) is 22.5 Å². The van der Waals surface area contributed by atoms with E-state index in [4.69, 9.17) is 4.42 Å². The number of nitrogens with zero attached hydrogens (tertiary/aromatic N) is 1. The molecule has 1 amide bonds. The highest BCUT2D eigenvalue weighted by molar-refractivity contribution is 7.89. The van der Waals surface area contributed by atoms with Gasteiger partial charge in [0.2, 0.25) is 15.9 Å². The number of anilines is 1. The number of nitrogens with one attached hydrogen (secondary N) is 2. The predicted octanol–water partition coefficient (Wildman–Crippen LogP) is 2.47. The van der Waals surface area contributed by atoms with Crippen molar-refractivity contribution in [2.45, 2.75) is 24.7 Å². The van der Waals surface area contributed by atoms with E-state index in [9.17, 15) is 18.0 Å². The molecule has 4 rings (SSSR count). The molecule has 0 unspecified atom stereocenters. The zero-order chi connectivity index (χ0) is 20.6. The smallest absolute Gasteiger partial charge is 0.408 e. The molecule has 0 saturated carbocycles. The lowest BCUT2D eigenvalue weighted by molar-refractivity contribution is -0.120. The zero-order valence-electron chi connectivity index (χ0n) is 15.8. The van der Waals surface area contributed by atoms with Gasteiger partial charge >= 0.3 is 5.76 Å². The summed E-state index contributed by atoms with van der Waals surface area (Å²) in [5.74, 6) is -1.27. The Morgan fingerprint density at radius 2 is 1.97 bits per heavy atom. The fourth-order valence-electron chi connectivity index (χ4n) is 3.49. The molecule has 9 heteroatoms. The number of benzene rings is 2. The van der Waals surface area contributed by atoms with Gasteiger partial charge in [0.25, 0.3) is 0 Å². The number of carbonyl (C=O) groups is 1. The number of sulfonamides is 1. The summed E-state index contributed by atoms with van der Waals surface area (Å²) in [6.45, 7) is 2.41. The SMILES string of the molecule is Cc1ccc(NC(=O)[C@H]2CCCN(S(=O)(=O)c3ccc4[nH]c(=O)oc4c3)C2)cc1. The van der Waals surface area contributed by atoms with Crippen LogP contribution in [0.5, 0.6) is 0 Å². The second kappa shape index (κ2) is 7.49. The van der Waals surface area contributed by atoms with Gasteiger partial charge in [-0.05, 0) is 44.0 Å². The van der Waals surface area contributed by atoms with Crippen LogP contribution in [0.1, 0.15) is 18.4 Å². The molecule has 1 saturated heterocycles. The number of aromatic amines is 1. The molecule has 2 heterocycles. The van der Waals surface area contributed by atoms with Gasteiger partial charge in [-0.2, -0.15) is 4.31 Å². The summed E-state index contributed by atoms with van der Waals surface area (Å²) in [6.07, 6.45) is 1.21. The Bertz CT molecular complexity index is 1210. The summed E-state index contributed by atoms with van der Waals surface area (Å²) < 4.78 is 32.4. The molecule has 0 bridgehead atoms. The second-order valence-electron chi connectivity index (χ2n) is 7.23. The van der Waals surface area contributed by atoms with E-state index in [2.05, 4.69) is 10.3 Å². The number of oxazole rings is 1. The molecule has 1 aromatic heterocycles. The highest BCUT2D eigenvalue weighted by Crippen LogP contribution is 2.26.